The van der Waals surface area contributed by atoms with E-state index >= 15 is 0 Å². The van der Waals surface area contributed by atoms with Crippen LogP contribution in [0.1, 0.15) is 11.5 Å². The maximum Gasteiger partial charge on any atom is 0.329 e. The summed E-state index contributed by atoms with van der Waals surface area (Å²) in [5.41, 5.74) is 0.949. The van der Waals surface area contributed by atoms with Gasteiger partial charge in [-0.25, -0.2) is 4.79 Å². The molecule has 5 nitrogen and oxygen atoms in total. The second-order valence-electron chi connectivity index (χ2n) is 4.52. The summed E-state index contributed by atoms with van der Waals surface area (Å²) in [7, 11) is 3.39. The lowest BCUT2D eigenvalue weighted by molar-refractivity contribution is -0.143. The van der Waals surface area contributed by atoms with Crippen molar-refractivity contribution in [2.75, 3.05) is 33.9 Å². The smallest absolute Gasteiger partial charge is 0.329 e. The molecule has 0 saturated heterocycles. The number of hydrogen-bond donors (Lipinski definition) is 2. The predicted octanol–water partition coefficient (Wildman–Crippen LogP) is 2.41. The van der Waals surface area contributed by atoms with Crippen molar-refractivity contribution in [1.29, 1.82) is 0 Å². The van der Waals surface area contributed by atoms with E-state index in [0.29, 0.717) is 16.6 Å². The number of benzene rings is 1. The molecule has 2 unspecified atom stereocenters. The molecule has 2 atom stereocenters. The Morgan fingerprint density at radius 2 is 2.10 bits per heavy atom. The Bertz CT molecular complexity index is 470. The summed E-state index contributed by atoms with van der Waals surface area (Å²) < 4.78 is 10.6. The lowest BCUT2D eigenvalue weighted by Gasteiger charge is -2.26. The van der Waals surface area contributed by atoms with Gasteiger partial charge in [0, 0.05) is 19.6 Å². The maximum atomic E-state index is 10.5. The van der Waals surface area contributed by atoms with Crippen molar-refractivity contribution in [3.63, 3.8) is 0 Å². The summed E-state index contributed by atoms with van der Waals surface area (Å²) in [5, 5.41) is 12.7. The number of methoxy groups -OCH3 is 1. The highest BCUT2D eigenvalue weighted by atomic mass is 35.5. The highest BCUT2D eigenvalue weighted by molar-refractivity contribution is 6.42. The number of ether oxygens (including phenoxy) is 2. The van der Waals surface area contributed by atoms with Crippen LogP contribution in [0.25, 0.3) is 0 Å². The molecular weight excluding hydrogens is 317 g/mol. The first-order valence-corrected chi connectivity index (χ1v) is 7.17. The fourth-order valence-corrected chi connectivity index (χ4v) is 2.34. The van der Waals surface area contributed by atoms with E-state index in [1.165, 1.54) is 0 Å². The molecule has 0 heterocycles. The zero-order chi connectivity index (χ0) is 15.8. The number of likely N-dealkylation sites (N-methyl/N-ethyl adjacent to an activating group) is 1. The number of carboxylic acid groups (broad SMARTS) is 1. The van der Waals surface area contributed by atoms with Crippen molar-refractivity contribution >= 4 is 29.2 Å². The minimum atomic E-state index is -1.01. The molecule has 0 aliphatic heterocycles. The minimum Gasteiger partial charge on any atom is -0.480 e. The molecule has 1 rings (SSSR count). The van der Waals surface area contributed by atoms with E-state index in [-0.39, 0.29) is 25.2 Å². The molecule has 0 amide bonds. The molecule has 1 aromatic carbocycles. The first-order chi connectivity index (χ1) is 9.99. The lowest BCUT2D eigenvalue weighted by atomic mass is 9.93. The molecule has 1 aromatic rings. The van der Waals surface area contributed by atoms with Crippen molar-refractivity contribution < 1.29 is 19.4 Å². The van der Waals surface area contributed by atoms with Gasteiger partial charge < -0.3 is 19.9 Å². The van der Waals surface area contributed by atoms with Gasteiger partial charge in [0.2, 0.25) is 0 Å². The van der Waals surface area contributed by atoms with E-state index in [2.05, 4.69) is 5.32 Å². The molecule has 0 aliphatic rings. The highest BCUT2D eigenvalue weighted by Gasteiger charge is 2.24. The number of halogens is 2. The standard InChI is InChI=1S/C14H19Cl2NO4/c1-17-6-10(9-3-4-11(15)12(16)5-9)13(20-2)7-21-8-14(18)19/h3-5,10,13,17H,6-8H2,1-2H3,(H,18,19). The van der Waals surface area contributed by atoms with E-state index < -0.39 is 5.97 Å². The second kappa shape index (κ2) is 9.23. The first-order valence-electron chi connectivity index (χ1n) is 6.41. The fraction of sp³-hybridized carbons (Fsp3) is 0.500. The number of nitrogens with one attached hydrogen (secondary N) is 1. The Balaban J connectivity index is 2.85. The molecule has 0 bridgehead atoms. The van der Waals surface area contributed by atoms with E-state index in [9.17, 15) is 4.79 Å². The quantitative estimate of drug-likeness (QED) is 0.725. The van der Waals surface area contributed by atoms with Crippen LogP contribution in [-0.4, -0.2) is 51.1 Å². The van der Waals surface area contributed by atoms with Gasteiger partial charge in [-0.05, 0) is 24.7 Å². The van der Waals surface area contributed by atoms with Crippen LogP contribution in [-0.2, 0) is 14.3 Å². The van der Waals surface area contributed by atoms with Gasteiger partial charge in [0.15, 0.2) is 0 Å². The third-order valence-electron chi connectivity index (χ3n) is 3.06. The summed E-state index contributed by atoms with van der Waals surface area (Å²) in [6, 6.07) is 5.39. The van der Waals surface area contributed by atoms with Gasteiger partial charge >= 0.3 is 5.97 Å². The molecule has 0 spiro atoms. The zero-order valence-corrected chi connectivity index (χ0v) is 13.4. The Labute approximate surface area is 134 Å². The molecule has 2 N–H and O–H groups in total. The monoisotopic (exact) mass is 335 g/mol. The molecule has 0 radical (unpaired) electrons. The van der Waals surface area contributed by atoms with Gasteiger partial charge in [0.1, 0.15) is 6.61 Å². The average molecular weight is 336 g/mol. The third-order valence-corrected chi connectivity index (χ3v) is 3.79. The molecular formula is C14H19Cl2NO4. The van der Waals surface area contributed by atoms with Crippen LogP contribution < -0.4 is 5.32 Å². The van der Waals surface area contributed by atoms with Crippen LogP contribution in [0.5, 0.6) is 0 Å². The zero-order valence-electron chi connectivity index (χ0n) is 11.9. The molecule has 0 aromatic heterocycles. The van der Waals surface area contributed by atoms with Crippen molar-refractivity contribution in [3.05, 3.63) is 33.8 Å². The molecule has 0 saturated carbocycles. The second-order valence-corrected chi connectivity index (χ2v) is 5.34. The average Bonchev–Trinajstić information content (AvgIpc) is 2.44. The Morgan fingerprint density at radius 1 is 1.38 bits per heavy atom. The number of carbonyl (C=O) groups is 1. The van der Waals surface area contributed by atoms with Crippen molar-refractivity contribution in [3.8, 4) is 0 Å². The predicted molar refractivity (Wildman–Crippen MR) is 82.4 cm³/mol. The Morgan fingerprint density at radius 3 is 2.62 bits per heavy atom. The Hall–Kier alpha value is -0.850. The van der Waals surface area contributed by atoms with Gasteiger partial charge in [-0.1, -0.05) is 29.3 Å². The summed E-state index contributed by atoms with van der Waals surface area (Å²) in [5.74, 6) is -1.05. The van der Waals surface area contributed by atoms with E-state index in [1.54, 1.807) is 19.2 Å². The van der Waals surface area contributed by atoms with E-state index in [0.717, 1.165) is 5.56 Å². The molecule has 0 aliphatic carbocycles. The van der Waals surface area contributed by atoms with Crippen LogP contribution >= 0.6 is 23.2 Å². The van der Waals surface area contributed by atoms with Crippen LogP contribution in [0, 0.1) is 0 Å². The number of aliphatic carboxylic acids is 1. The number of hydrogen-bond acceptors (Lipinski definition) is 4. The SMILES string of the molecule is CNCC(c1ccc(Cl)c(Cl)c1)C(COCC(=O)O)OC. The Kier molecular flexibility index (Phi) is 8.00. The minimum absolute atomic E-state index is 0.0384. The summed E-state index contributed by atoms with van der Waals surface area (Å²) >= 11 is 12.0. The van der Waals surface area contributed by atoms with Crippen molar-refractivity contribution in [1.82, 2.24) is 5.32 Å². The van der Waals surface area contributed by atoms with Gasteiger partial charge in [-0.2, -0.15) is 0 Å². The molecule has 21 heavy (non-hydrogen) atoms. The van der Waals surface area contributed by atoms with Gasteiger partial charge in [0.05, 0.1) is 22.8 Å². The van der Waals surface area contributed by atoms with Crippen LogP contribution in [0.4, 0.5) is 0 Å². The van der Waals surface area contributed by atoms with Crippen LogP contribution in [0.3, 0.4) is 0 Å². The molecule has 118 valence electrons. The largest absolute Gasteiger partial charge is 0.480 e. The maximum absolute atomic E-state index is 10.5. The first kappa shape index (κ1) is 18.2. The summed E-state index contributed by atoms with van der Waals surface area (Å²) in [6.07, 6.45) is -0.297. The molecule has 0 fully saturated rings. The summed E-state index contributed by atoms with van der Waals surface area (Å²) in [6.45, 7) is 0.454. The van der Waals surface area contributed by atoms with Crippen LogP contribution in [0.15, 0.2) is 18.2 Å². The normalized spacial score (nSPS) is 13.9. The van der Waals surface area contributed by atoms with E-state index in [4.69, 9.17) is 37.8 Å². The highest BCUT2D eigenvalue weighted by Crippen LogP contribution is 2.29. The summed E-state index contributed by atoms with van der Waals surface area (Å²) in [4.78, 5) is 10.5. The number of carboxylic acids is 1. The van der Waals surface area contributed by atoms with Crippen molar-refractivity contribution in [2.24, 2.45) is 0 Å². The van der Waals surface area contributed by atoms with Gasteiger partial charge in [-0.3, -0.25) is 0 Å². The van der Waals surface area contributed by atoms with Crippen molar-refractivity contribution in [2.45, 2.75) is 12.0 Å². The topological polar surface area (TPSA) is 67.8 Å². The van der Waals surface area contributed by atoms with E-state index in [1.807, 2.05) is 13.1 Å². The third kappa shape index (κ3) is 5.80. The van der Waals surface area contributed by atoms with Gasteiger partial charge in [-0.15, -0.1) is 0 Å². The molecule has 7 heteroatoms. The van der Waals surface area contributed by atoms with Crippen LogP contribution in [0.2, 0.25) is 10.0 Å². The lowest BCUT2D eigenvalue weighted by Crippen LogP contribution is -2.33. The van der Waals surface area contributed by atoms with Gasteiger partial charge in [0.25, 0.3) is 0 Å². The number of rotatable bonds is 9. The fourth-order valence-electron chi connectivity index (χ4n) is 2.04.